The van der Waals surface area contributed by atoms with E-state index < -0.39 is 5.91 Å². The predicted octanol–water partition coefficient (Wildman–Crippen LogP) is 2.83. The van der Waals surface area contributed by atoms with Gasteiger partial charge in [0.15, 0.2) is 5.69 Å². The fourth-order valence-electron chi connectivity index (χ4n) is 3.75. The summed E-state index contributed by atoms with van der Waals surface area (Å²) >= 11 is 0. The van der Waals surface area contributed by atoms with Crippen molar-refractivity contribution in [3.8, 4) is 28.6 Å². The van der Waals surface area contributed by atoms with Crippen LogP contribution in [0.2, 0.25) is 0 Å². The van der Waals surface area contributed by atoms with Crippen LogP contribution in [0.25, 0.3) is 27.8 Å². The van der Waals surface area contributed by atoms with Gasteiger partial charge in [-0.15, -0.1) is 5.10 Å². The first-order valence-corrected chi connectivity index (χ1v) is 10.7. The number of hydrogen-bond donors (Lipinski definition) is 2. The molecular formula is C24H20N8O4. The molecule has 5 rings (SSSR count). The van der Waals surface area contributed by atoms with Gasteiger partial charge in [0.1, 0.15) is 17.2 Å². The standard InChI is InChI=1S/C24H20N8O4/c1-34-16-8-5-7-15(12-16)21-20(27-31-32(21)23-22(25)29-36-30-23)24(33)28-26-13-18-17-9-4-3-6-14(17)10-11-19(18)35-2/h3-13H,1-2H3,(H2,25,29)(H,28,33). The maximum atomic E-state index is 13.2. The molecule has 0 spiro atoms. The smallest absolute Gasteiger partial charge is 0.294 e. The Morgan fingerprint density at radius 3 is 2.72 bits per heavy atom. The number of methoxy groups -OCH3 is 2. The number of anilines is 1. The van der Waals surface area contributed by atoms with E-state index in [0.717, 1.165) is 10.8 Å². The normalized spacial score (nSPS) is 11.2. The van der Waals surface area contributed by atoms with E-state index in [1.807, 2.05) is 36.4 Å². The maximum absolute atomic E-state index is 13.2. The van der Waals surface area contributed by atoms with Crippen LogP contribution in [0.5, 0.6) is 11.5 Å². The first-order chi connectivity index (χ1) is 17.6. The van der Waals surface area contributed by atoms with Gasteiger partial charge in [0.05, 0.1) is 20.4 Å². The number of aromatic nitrogens is 5. The van der Waals surface area contributed by atoms with Gasteiger partial charge in [-0.2, -0.15) is 9.78 Å². The predicted molar refractivity (Wildman–Crippen MR) is 131 cm³/mol. The van der Waals surface area contributed by atoms with E-state index in [-0.39, 0.29) is 17.3 Å². The number of carbonyl (C=O) groups is 1. The highest BCUT2D eigenvalue weighted by atomic mass is 16.6. The van der Waals surface area contributed by atoms with Crippen molar-refractivity contribution in [1.29, 1.82) is 0 Å². The van der Waals surface area contributed by atoms with Gasteiger partial charge in [-0.05, 0) is 39.3 Å². The Labute approximate surface area is 204 Å². The van der Waals surface area contributed by atoms with Crippen molar-refractivity contribution in [2.24, 2.45) is 5.10 Å². The van der Waals surface area contributed by atoms with Gasteiger partial charge < -0.3 is 15.2 Å². The van der Waals surface area contributed by atoms with Crippen LogP contribution in [0.1, 0.15) is 16.1 Å². The molecule has 3 aromatic carbocycles. The zero-order chi connectivity index (χ0) is 25.1. The second kappa shape index (κ2) is 9.54. The lowest BCUT2D eigenvalue weighted by Gasteiger charge is -2.09. The molecule has 0 aliphatic rings. The molecular weight excluding hydrogens is 464 g/mol. The lowest BCUT2D eigenvalue weighted by Crippen LogP contribution is -2.19. The van der Waals surface area contributed by atoms with Gasteiger partial charge >= 0.3 is 0 Å². The molecule has 0 saturated heterocycles. The Hall–Kier alpha value is -5.26. The molecule has 1 amide bonds. The van der Waals surface area contributed by atoms with Crippen molar-refractivity contribution in [2.45, 2.75) is 0 Å². The number of fused-ring (bicyclic) bond motifs is 1. The lowest BCUT2D eigenvalue weighted by molar-refractivity contribution is 0.0950. The first kappa shape index (κ1) is 22.5. The van der Waals surface area contributed by atoms with Crippen LogP contribution < -0.4 is 20.6 Å². The number of hydrazone groups is 1. The minimum atomic E-state index is -0.607. The lowest BCUT2D eigenvalue weighted by atomic mass is 10.0. The highest BCUT2D eigenvalue weighted by molar-refractivity contribution is 6.03. The number of rotatable bonds is 7. The number of hydrogen-bond acceptors (Lipinski definition) is 10. The van der Waals surface area contributed by atoms with E-state index in [1.165, 1.54) is 18.0 Å². The van der Waals surface area contributed by atoms with Gasteiger partial charge in [-0.25, -0.2) is 10.1 Å². The third-order valence-corrected chi connectivity index (χ3v) is 5.44. The summed E-state index contributed by atoms with van der Waals surface area (Å²) in [4.78, 5) is 13.2. The molecule has 0 bridgehead atoms. The molecule has 0 aliphatic carbocycles. The number of carbonyl (C=O) groups excluding carboxylic acids is 1. The average molecular weight is 484 g/mol. The molecule has 180 valence electrons. The SMILES string of the molecule is COc1cccc(-c2c(C(=O)NN=Cc3c(OC)ccc4ccccc34)nnn2-c2nonc2N)c1. The third kappa shape index (κ3) is 4.07. The summed E-state index contributed by atoms with van der Waals surface area (Å²) in [6.07, 6.45) is 1.52. The number of nitrogens with zero attached hydrogens (tertiary/aromatic N) is 6. The molecule has 2 aromatic heterocycles. The Morgan fingerprint density at radius 2 is 1.94 bits per heavy atom. The molecule has 36 heavy (non-hydrogen) atoms. The topological polar surface area (TPSA) is 156 Å². The Kier molecular flexibility index (Phi) is 5.97. The summed E-state index contributed by atoms with van der Waals surface area (Å²) in [5.74, 6) is 0.646. The second-order valence-corrected chi connectivity index (χ2v) is 7.51. The van der Waals surface area contributed by atoms with Crippen molar-refractivity contribution in [1.82, 2.24) is 30.7 Å². The molecule has 12 nitrogen and oxygen atoms in total. The van der Waals surface area contributed by atoms with Crippen LogP contribution in [-0.2, 0) is 0 Å². The van der Waals surface area contributed by atoms with E-state index in [9.17, 15) is 4.79 Å². The van der Waals surface area contributed by atoms with Gasteiger partial charge in [0.25, 0.3) is 5.91 Å². The fourth-order valence-corrected chi connectivity index (χ4v) is 3.75. The summed E-state index contributed by atoms with van der Waals surface area (Å²) in [7, 11) is 3.11. The summed E-state index contributed by atoms with van der Waals surface area (Å²) in [6.45, 7) is 0. The monoisotopic (exact) mass is 484 g/mol. The van der Waals surface area contributed by atoms with Gasteiger partial charge in [0, 0.05) is 11.1 Å². The number of nitrogens with one attached hydrogen (secondary N) is 1. The average Bonchev–Trinajstić information content (AvgIpc) is 3.54. The summed E-state index contributed by atoms with van der Waals surface area (Å²) < 4.78 is 16.8. The van der Waals surface area contributed by atoms with Crippen molar-refractivity contribution < 1.29 is 18.9 Å². The van der Waals surface area contributed by atoms with E-state index in [0.29, 0.717) is 28.3 Å². The largest absolute Gasteiger partial charge is 0.497 e. The third-order valence-electron chi connectivity index (χ3n) is 5.44. The van der Waals surface area contributed by atoms with Crippen LogP contribution in [0.4, 0.5) is 5.82 Å². The first-order valence-electron chi connectivity index (χ1n) is 10.7. The number of ether oxygens (including phenoxy) is 2. The molecule has 2 heterocycles. The molecule has 5 aromatic rings. The summed E-state index contributed by atoms with van der Waals surface area (Å²) in [6, 6.07) is 18.6. The molecule has 0 radical (unpaired) electrons. The zero-order valence-electron chi connectivity index (χ0n) is 19.2. The number of amides is 1. The molecule has 0 aliphatic heterocycles. The van der Waals surface area contributed by atoms with Crippen LogP contribution in [0.15, 0.2) is 70.4 Å². The Balaban J connectivity index is 1.52. The van der Waals surface area contributed by atoms with Crippen molar-refractivity contribution in [3.05, 3.63) is 71.9 Å². The molecule has 0 atom stereocenters. The summed E-state index contributed by atoms with van der Waals surface area (Å²) in [5.41, 5.74) is 9.94. The zero-order valence-corrected chi connectivity index (χ0v) is 19.2. The molecule has 12 heteroatoms. The van der Waals surface area contributed by atoms with Crippen molar-refractivity contribution in [2.75, 3.05) is 20.0 Å². The number of nitrogens with two attached hydrogens (primary N) is 1. The van der Waals surface area contributed by atoms with E-state index in [1.54, 1.807) is 31.4 Å². The van der Waals surface area contributed by atoms with Gasteiger partial charge in [0.2, 0.25) is 11.6 Å². The molecule has 0 saturated carbocycles. The summed E-state index contributed by atoms with van der Waals surface area (Å²) in [5, 5.41) is 21.6. The Morgan fingerprint density at radius 1 is 1.08 bits per heavy atom. The van der Waals surface area contributed by atoms with Gasteiger partial charge in [-0.1, -0.05) is 47.7 Å². The minimum absolute atomic E-state index is 0.0166. The quantitative estimate of drug-likeness (QED) is 0.262. The van der Waals surface area contributed by atoms with Crippen LogP contribution >= 0.6 is 0 Å². The molecule has 0 fully saturated rings. The highest BCUT2D eigenvalue weighted by Gasteiger charge is 2.25. The fraction of sp³-hybridized carbons (Fsp3) is 0.0833. The van der Waals surface area contributed by atoms with Crippen molar-refractivity contribution in [3.63, 3.8) is 0 Å². The van der Waals surface area contributed by atoms with Crippen LogP contribution in [-0.4, -0.2) is 51.6 Å². The highest BCUT2D eigenvalue weighted by Crippen LogP contribution is 2.29. The van der Waals surface area contributed by atoms with Crippen LogP contribution in [0.3, 0.4) is 0 Å². The molecule has 0 unspecified atom stereocenters. The Bertz CT molecular complexity index is 1590. The van der Waals surface area contributed by atoms with Crippen molar-refractivity contribution >= 4 is 28.7 Å². The second-order valence-electron chi connectivity index (χ2n) is 7.51. The number of nitrogen functional groups attached to an aromatic ring is 1. The van der Waals surface area contributed by atoms with Crippen LogP contribution in [0, 0.1) is 0 Å². The van der Waals surface area contributed by atoms with E-state index >= 15 is 0 Å². The maximum Gasteiger partial charge on any atom is 0.294 e. The minimum Gasteiger partial charge on any atom is -0.497 e. The van der Waals surface area contributed by atoms with E-state index in [4.69, 9.17) is 19.8 Å². The molecule has 3 N–H and O–H groups in total. The van der Waals surface area contributed by atoms with Gasteiger partial charge in [-0.3, -0.25) is 4.79 Å². The van der Waals surface area contributed by atoms with E-state index in [2.05, 4.69) is 31.2 Å². The number of benzene rings is 3.